The van der Waals surface area contributed by atoms with E-state index < -0.39 is 0 Å². The van der Waals surface area contributed by atoms with E-state index in [0.717, 1.165) is 30.0 Å². The van der Waals surface area contributed by atoms with E-state index >= 15 is 0 Å². The van der Waals surface area contributed by atoms with E-state index in [2.05, 4.69) is 16.9 Å². The third-order valence-electron chi connectivity index (χ3n) is 3.74. The van der Waals surface area contributed by atoms with Crippen molar-refractivity contribution in [2.45, 2.75) is 32.9 Å². The molecule has 2 heterocycles. The molecule has 1 fully saturated rings. The highest BCUT2D eigenvalue weighted by molar-refractivity contribution is 5.50. The Morgan fingerprint density at radius 1 is 1.53 bits per heavy atom. The third kappa shape index (κ3) is 2.17. The molecule has 0 saturated carbocycles. The number of aryl methyl sites for hydroxylation is 2. The lowest BCUT2D eigenvalue weighted by molar-refractivity contribution is 0.102. The van der Waals surface area contributed by atoms with Crippen molar-refractivity contribution in [2.24, 2.45) is 18.7 Å². The van der Waals surface area contributed by atoms with Gasteiger partial charge in [0.05, 0.1) is 11.8 Å². The number of rotatable bonds is 2. The maximum absolute atomic E-state index is 9.97. The normalized spacial score (nSPS) is 25.4. The van der Waals surface area contributed by atoms with E-state index in [1.807, 2.05) is 18.7 Å². The van der Waals surface area contributed by atoms with Crippen LogP contribution in [0.25, 0.3) is 0 Å². The molecule has 2 atom stereocenters. The number of nitrogens with zero attached hydrogens (tertiary/aromatic N) is 3. The van der Waals surface area contributed by atoms with Gasteiger partial charge in [-0.2, -0.15) is 5.10 Å². The van der Waals surface area contributed by atoms with E-state index in [0.29, 0.717) is 19.0 Å². The summed E-state index contributed by atoms with van der Waals surface area (Å²) in [5, 5.41) is 14.4. The first-order chi connectivity index (χ1) is 8.04. The maximum atomic E-state index is 9.97. The molecule has 3 N–H and O–H groups in total. The van der Waals surface area contributed by atoms with E-state index in [1.165, 1.54) is 0 Å². The highest BCUT2D eigenvalue weighted by Gasteiger charge is 2.27. The van der Waals surface area contributed by atoms with Gasteiger partial charge in [-0.3, -0.25) is 4.68 Å². The fourth-order valence-corrected chi connectivity index (χ4v) is 2.57. The smallest absolute Gasteiger partial charge is 0.131 e. The number of anilines is 1. The van der Waals surface area contributed by atoms with E-state index in [4.69, 9.17) is 5.73 Å². The molecule has 17 heavy (non-hydrogen) atoms. The molecule has 0 amide bonds. The van der Waals surface area contributed by atoms with E-state index in [9.17, 15) is 5.11 Å². The molecule has 0 radical (unpaired) electrons. The summed E-state index contributed by atoms with van der Waals surface area (Å²) in [4.78, 5) is 2.20. The second kappa shape index (κ2) is 4.66. The fourth-order valence-electron chi connectivity index (χ4n) is 2.57. The van der Waals surface area contributed by atoms with E-state index in [-0.39, 0.29) is 6.10 Å². The van der Waals surface area contributed by atoms with Crippen LogP contribution in [0.4, 0.5) is 5.82 Å². The molecular weight excluding hydrogens is 216 g/mol. The first-order valence-corrected chi connectivity index (χ1v) is 6.20. The molecule has 5 heteroatoms. The Morgan fingerprint density at radius 2 is 2.24 bits per heavy atom. The average Bonchev–Trinajstić information content (AvgIpc) is 2.57. The fraction of sp³-hybridized carbons (Fsp3) is 0.750. The second-order valence-corrected chi connectivity index (χ2v) is 4.99. The van der Waals surface area contributed by atoms with Gasteiger partial charge in [0, 0.05) is 32.2 Å². The molecule has 96 valence electrons. The van der Waals surface area contributed by atoms with Gasteiger partial charge < -0.3 is 15.7 Å². The SMILES string of the molecule is Cc1nn(C)c(N2CCC(C)C(O)C2)c1CN. The van der Waals surface area contributed by atoms with Crippen LogP contribution in [0.15, 0.2) is 0 Å². The predicted octanol–water partition coefficient (Wildman–Crippen LogP) is 0.394. The minimum Gasteiger partial charge on any atom is -0.391 e. The lowest BCUT2D eigenvalue weighted by Crippen LogP contribution is -2.44. The summed E-state index contributed by atoms with van der Waals surface area (Å²) < 4.78 is 1.88. The maximum Gasteiger partial charge on any atom is 0.131 e. The standard InChI is InChI=1S/C12H22N4O/c1-8-4-5-16(7-11(8)17)12-10(6-13)9(2)14-15(12)3/h8,11,17H,4-7,13H2,1-3H3. The third-order valence-corrected chi connectivity index (χ3v) is 3.74. The van der Waals surface area contributed by atoms with Gasteiger partial charge in [-0.25, -0.2) is 0 Å². The zero-order valence-corrected chi connectivity index (χ0v) is 10.8. The molecule has 1 saturated heterocycles. The summed E-state index contributed by atoms with van der Waals surface area (Å²) in [5.74, 6) is 1.44. The first-order valence-electron chi connectivity index (χ1n) is 6.20. The first kappa shape index (κ1) is 12.4. The van der Waals surface area contributed by atoms with Crippen LogP contribution in [0, 0.1) is 12.8 Å². The van der Waals surface area contributed by atoms with Crippen molar-refractivity contribution >= 4 is 5.82 Å². The van der Waals surface area contributed by atoms with Gasteiger partial charge >= 0.3 is 0 Å². The monoisotopic (exact) mass is 238 g/mol. The van der Waals surface area contributed by atoms with Crippen LogP contribution < -0.4 is 10.6 Å². The number of aliphatic hydroxyl groups excluding tert-OH is 1. The van der Waals surface area contributed by atoms with E-state index in [1.54, 1.807) is 0 Å². The molecule has 2 unspecified atom stereocenters. The number of piperidine rings is 1. The number of β-amino-alcohol motifs (C(OH)–C–C–N with tert-alkyl or cyclic N) is 1. The van der Waals surface area contributed by atoms with Gasteiger partial charge in [0.25, 0.3) is 0 Å². The van der Waals surface area contributed by atoms with Crippen LogP contribution in [0.5, 0.6) is 0 Å². The summed E-state index contributed by atoms with van der Waals surface area (Å²) in [6, 6.07) is 0. The molecule has 0 aliphatic carbocycles. The van der Waals surface area contributed by atoms with Crippen LogP contribution in [0.1, 0.15) is 24.6 Å². The van der Waals surface area contributed by atoms with Crippen LogP contribution in [-0.4, -0.2) is 34.1 Å². The van der Waals surface area contributed by atoms with Crippen LogP contribution in [0.2, 0.25) is 0 Å². The summed E-state index contributed by atoms with van der Waals surface area (Å²) in [6.45, 7) is 6.21. The molecular formula is C12H22N4O. The molecule has 0 bridgehead atoms. The van der Waals surface area contributed by atoms with Crippen molar-refractivity contribution in [3.63, 3.8) is 0 Å². The van der Waals surface area contributed by atoms with Crippen molar-refractivity contribution in [3.8, 4) is 0 Å². The van der Waals surface area contributed by atoms with Gasteiger partial charge in [-0.15, -0.1) is 0 Å². The molecule has 1 aromatic rings. The molecule has 2 rings (SSSR count). The highest BCUT2D eigenvalue weighted by atomic mass is 16.3. The minimum atomic E-state index is -0.260. The summed E-state index contributed by atoms with van der Waals surface area (Å²) in [5.41, 5.74) is 7.87. The number of hydrogen-bond donors (Lipinski definition) is 2. The van der Waals surface area contributed by atoms with Crippen LogP contribution in [-0.2, 0) is 13.6 Å². The highest BCUT2D eigenvalue weighted by Crippen LogP contribution is 2.27. The molecule has 1 aliphatic rings. The molecule has 1 aromatic heterocycles. The number of aromatic nitrogens is 2. The number of hydrogen-bond acceptors (Lipinski definition) is 4. The van der Waals surface area contributed by atoms with Crippen molar-refractivity contribution in [1.29, 1.82) is 0 Å². The minimum absolute atomic E-state index is 0.260. The largest absolute Gasteiger partial charge is 0.391 e. The lowest BCUT2D eigenvalue weighted by atomic mass is 9.96. The Morgan fingerprint density at radius 3 is 2.82 bits per heavy atom. The molecule has 1 aliphatic heterocycles. The predicted molar refractivity (Wildman–Crippen MR) is 67.8 cm³/mol. The lowest BCUT2D eigenvalue weighted by Gasteiger charge is -2.36. The summed E-state index contributed by atoms with van der Waals surface area (Å²) >= 11 is 0. The Kier molecular flexibility index (Phi) is 3.40. The van der Waals surface area contributed by atoms with Gasteiger partial charge in [0.15, 0.2) is 0 Å². The van der Waals surface area contributed by atoms with Crippen molar-refractivity contribution in [3.05, 3.63) is 11.3 Å². The topological polar surface area (TPSA) is 67.3 Å². The number of aliphatic hydroxyl groups is 1. The molecule has 0 spiro atoms. The zero-order valence-electron chi connectivity index (χ0n) is 10.8. The van der Waals surface area contributed by atoms with Gasteiger partial charge in [0.1, 0.15) is 5.82 Å². The Bertz CT molecular complexity index is 401. The molecule has 0 aromatic carbocycles. The summed E-state index contributed by atoms with van der Waals surface area (Å²) in [6.07, 6.45) is 0.750. The van der Waals surface area contributed by atoms with Crippen LogP contribution >= 0.6 is 0 Å². The Hall–Kier alpha value is -1.07. The Labute approximate surface area is 102 Å². The molecule has 5 nitrogen and oxygen atoms in total. The van der Waals surface area contributed by atoms with Crippen LogP contribution in [0.3, 0.4) is 0 Å². The van der Waals surface area contributed by atoms with Crippen molar-refractivity contribution < 1.29 is 5.11 Å². The average molecular weight is 238 g/mol. The van der Waals surface area contributed by atoms with Crippen molar-refractivity contribution in [1.82, 2.24) is 9.78 Å². The second-order valence-electron chi connectivity index (χ2n) is 4.99. The van der Waals surface area contributed by atoms with Gasteiger partial charge in [-0.05, 0) is 19.3 Å². The van der Waals surface area contributed by atoms with Gasteiger partial charge in [0.2, 0.25) is 0 Å². The summed E-state index contributed by atoms with van der Waals surface area (Å²) in [7, 11) is 1.94. The Balaban J connectivity index is 2.28. The zero-order chi connectivity index (χ0) is 12.6. The quantitative estimate of drug-likeness (QED) is 0.782. The van der Waals surface area contributed by atoms with Crippen molar-refractivity contribution in [2.75, 3.05) is 18.0 Å². The van der Waals surface area contributed by atoms with Gasteiger partial charge in [-0.1, -0.05) is 6.92 Å². The number of nitrogens with two attached hydrogens (primary N) is 1.